The van der Waals surface area contributed by atoms with Gasteiger partial charge in [-0.15, -0.1) is 0 Å². The van der Waals surface area contributed by atoms with Gasteiger partial charge in [-0.05, 0) is 25.1 Å². The van der Waals surface area contributed by atoms with Crippen LogP contribution in [-0.2, 0) is 9.53 Å². The predicted molar refractivity (Wildman–Crippen MR) is 81.4 cm³/mol. The monoisotopic (exact) mass is 292 g/mol. The molecule has 21 heavy (non-hydrogen) atoms. The SMILES string of the molecule is CC(=N)OC(=N)c1ccc(OC[C@@H](C)N)c(N(C)C=O)c1. The van der Waals surface area contributed by atoms with Gasteiger partial charge in [0.25, 0.3) is 0 Å². The van der Waals surface area contributed by atoms with E-state index in [1.807, 2.05) is 6.92 Å². The first-order valence-electron chi connectivity index (χ1n) is 6.37. The van der Waals surface area contributed by atoms with Crippen molar-refractivity contribution in [2.45, 2.75) is 19.9 Å². The Hall–Kier alpha value is -2.41. The van der Waals surface area contributed by atoms with Gasteiger partial charge in [-0.2, -0.15) is 0 Å². The number of nitrogens with two attached hydrogens (primary N) is 1. The molecule has 0 aliphatic rings. The topological polar surface area (TPSA) is 112 Å². The zero-order valence-electron chi connectivity index (χ0n) is 12.3. The van der Waals surface area contributed by atoms with Crippen molar-refractivity contribution < 1.29 is 14.3 Å². The van der Waals surface area contributed by atoms with Crippen LogP contribution in [0.3, 0.4) is 0 Å². The van der Waals surface area contributed by atoms with E-state index in [9.17, 15) is 4.79 Å². The highest BCUT2D eigenvalue weighted by Crippen LogP contribution is 2.28. The van der Waals surface area contributed by atoms with Crippen molar-refractivity contribution in [3.63, 3.8) is 0 Å². The van der Waals surface area contributed by atoms with Crippen molar-refractivity contribution in [3.05, 3.63) is 23.8 Å². The van der Waals surface area contributed by atoms with E-state index in [0.717, 1.165) is 0 Å². The van der Waals surface area contributed by atoms with E-state index in [-0.39, 0.29) is 17.8 Å². The number of ether oxygens (including phenoxy) is 2. The van der Waals surface area contributed by atoms with E-state index >= 15 is 0 Å². The number of nitrogens with one attached hydrogen (secondary N) is 2. The summed E-state index contributed by atoms with van der Waals surface area (Å²) in [6, 6.07) is 4.73. The van der Waals surface area contributed by atoms with Gasteiger partial charge in [0.15, 0.2) is 5.90 Å². The molecule has 0 bridgehead atoms. The van der Waals surface area contributed by atoms with Crippen LogP contribution in [-0.4, -0.2) is 37.9 Å². The Morgan fingerprint density at radius 3 is 2.67 bits per heavy atom. The number of rotatable bonds is 6. The molecule has 0 saturated heterocycles. The molecule has 1 amide bonds. The third-order valence-corrected chi connectivity index (χ3v) is 2.52. The molecule has 7 heteroatoms. The number of benzene rings is 1. The highest BCUT2D eigenvalue weighted by Gasteiger charge is 2.13. The second-order valence-electron chi connectivity index (χ2n) is 4.67. The average Bonchev–Trinajstić information content (AvgIpc) is 2.43. The molecule has 0 aliphatic carbocycles. The van der Waals surface area contributed by atoms with Gasteiger partial charge < -0.3 is 20.1 Å². The number of hydrogen-bond donors (Lipinski definition) is 3. The van der Waals surface area contributed by atoms with E-state index in [1.165, 1.54) is 11.8 Å². The van der Waals surface area contributed by atoms with E-state index in [2.05, 4.69) is 0 Å². The van der Waals surface area contributed by atoms with E-state index in [4.69, 9.17) is 26.0 Å². The first-order valence-corrected chi connectivity index (χ1v) is 6.37. The van der Waals surface area contributed by atoms with Gasteiger partial charge >= 0.3 is 0 Å². The van der Waals surface area contributed by atoms with Crippen LogP contribution in [0.4, 0.5) is 5.69 Å². The zero-order chi connectivity index (χ0) is 16.0. The number of hydrogen-bond acceptors (Lipinski definition) is 6. The molecule has 1 atom stereocenters. The normalized spacial score (nSPS) is 11.4. The maximum atomic E-state index is 11.0. The summed E-state index contributed by atoms with van der Waals surface area (Å²) < 4.78 is 10.5. The number of carbonyl (C=O) groups is 1. The van der Waals surface area contributed by atoms with E-state index in [1.54, 1.807) is 25.2 Å². The molecule has 1 rings (SSSR count). The molecular weight excluding hydrogens is 272 g/mol. The maximum Gasteiger partial charge on any atom is 0.220 e. The first-order chi connectivity index (χ1) is 9.85. The summed E-state index contributed by atoms with van der Waals surface area (Å²) in [6.07, 6.45) is 0.643. The van der Waals surface area contributed by atoms with Gasteiger partial charge in [0.2, 0.25) is 12.3 Å². The van der Waals surface area contributed by atoms with Crippen LogP contribution >= 0.6 is 0 Å². The van der Waals surface area contributed by atoms with Crippen molar-refractivity contribution in [1.82, 2.24) is 0 Å². The maximum absolute atomic E-state index is 11.0. The van der Waals surface area contributed by atoms with Gasteiger partial charge in [0, 0.05) is 25.6 Å². The van der Waals surface area contributed by atoms with Crippen LogP contribution < -0.4 is 15.4 Å². The van der Waals surface area contributed by atoms with Crippen LogP contribution in [0.2, 0.25) is 0 Å². The van der Waals surface area contributed by atoms with Crippen molar-refractivity contribution >= 4 is 23.9 Å². The molecule has 114 valence electrons. The van der Waals surface area contributed by atoms with Crippen LogP contribution in [0.25, 0.3) is 0 Å². The quantitative estimate of drug-likeness (QED) is 0.417. The fourth-order valence-electron chi connectivity index (χ4n) is 1.55. The van der Waals surface area contributed by atoms with E-state index < -0.39 is 0 Å². The smallest absolute Gasteiger partial charge is 0.220 e. The molecule has 0 fully saturated rings. The minimum absolute atomic E-state index is 0.0809. The van der Waals surface area contributed by atoms with E-state index in [0.29, 0.717) is 30.0 Å². The van der Waals surface area contributed by atoms with Gasteiger partial charge in [-0.1, -0.05) is 0 Å². The Morgan fingerprint density at radius 1 is 1.48 bits per heavy atom. The summed E-state index contributed by atoms with van der Waals surface area (Å²) in [4.78, 5) is 12.3. The van der Waals surface area contributed by atoms with Gasteiger partial charge in [0.05, 0.1) is 5.69 Å². The molecule has 7 nitrogen and oxygen atoms in total. The third-order valence-electron chi connectivity index (χ3n) is 2.52. The largest absolute Gasteiger partial charge is 0.490 e. The number of nitrogens with zero attached hydrogens (tertiary/aromatic N) is 1. The van der Waals surface area contributed by atoms with Crippen LogP contribution in [0, 0.1) is 10.8 Å². The van der Waals surface area contributed by atoms with Crippen molar-refractivity contribution in [2.75, 3.05) is 18.6 Å². The lowest BCUT2D eigenvalue weighted by Crippen LogP contribution is -2.24. The molecule has 0 radical (unpaired) electrons. The van der Waals surface area contributed by atoms with Crippen LogP contribution in [0.15, 0.2) is 18.2 Å². The third kappa shape index (κ3) is 4.88. The summed E-state index contributed by atoms with van der Waals surface area (Å²) in [5.41, 5.74) is 6.59. The van der Waals surface area contributed by atoms with Gasteiger partial charge in [-0.3, -0.25) is 15.6 Å². The lowest BCUT2D eigenvalue weighted by atomic mass is 10.1. The molecule has 1 aromatic carbocycles. The highest BCUT2D eigenvalue weighted by atomic mass is 16.5. The number of anilines is 1. The molecule has 0 aliphatic heterocycles. The lowest BCUT2D eigenvalue weighted by molar-refractivity contribution is -0.107. The Bertz CT molecular complexity index is 543. The molecule has 1 aromatic rings. The molecule has 0 spiro atoms. The molecule has 0 aromatic heterocycles. The molecular formula is C14H20N4O3. The second-order valence-corrected chi connectivity index (χ2v) is 4.67. The molecule has 4 N–H and O–H groups in total. The summed E-state index contributed by atoms with van der Waals surface area (Å²) in [5.74, 6) is 0.245. The van der Waals surface area contributed by atoms with Crippen LogP contribution in [0.5, 0.6) is 5.75 Å². The van der Waals surface area contributed by atoms with Crippen molar-refractivity contribution in [1.29, 1.82) is 10.8 Å². The first kappa shape index (κ1) is 16.6. The highest BCUT2D eigenvalue weighted by molar-refractivity contribution is 6.00. The predicted octanol–water partition coefficient (Wildman–Crippen LogP) is 1.34. The summed E-state index contributed by atoms with van der Waals surface area (Å²) >= 11 is 0. The average molecular weight is 292 g/mol. The van der Waals surface area contributed by atoms with Crippen molar-refractivity contribution in [3.8, 4) is 5.75 Å². The summed E-state index contributed by atoms with van der Waals surface area (Å²) in [6.45, 7) is 3.56. The number of amides is 1. The molecule has 0 unspecified atom stereocenters. The molecule has 0 heterocycles. The number of carbonyl (C=O) groups excluding carboxylic acids is 1. The van der Waals surface area contributed by atoms with Gasteiger partial charge in [0.1, 0.15) is 12.4 Å². The lowest BCUT2D eigenvalue weighted by Gasteiger charge is -2.19. The Balaban J connectivity index is 3.08. The fraction of sp³-hybridized carbons (Fsp3) is 0.357. The van der Waals surface area contributed by atoms with Crippen molar-refractivity contribution in [2.24, 2.45) is 5.73 Å². The zero-order valence-corrected chi connectivity index (χ0v) is 12.3. The summed E-state index contributed by atoms with van der Waals surface area (Å²) in [7, 11) is 1.58. The minimum atomic E-state index is -0.165. The van der Waals surface area contributed by atoms with Crippen LogP contribution in [0.1, 0.15) is 19.4 Å². The Morgan fingerprint density at radius 2 is 2.14 bits per heavy atom. The Labute approximate surface area is 123 Å². The molecule has 0 saturated carbocycles. The minimum Gasteiger partial charge on any atom is -0.490 e. The van der Waals surface area contributed by atoms with Gasteiger partial charge in [-0.25, -0.2) is 0 Å². The Kier molecular flexibility index (Phi) is 5.86. The second kappa shape index (κ2) is 7.39. The standard InChI is InChI=1S/C14H20N4O3/c1-9(15)7-20-13-5-4-11(14(17)21-10(2)16)6-12(13)18(3)8-19/h4-6,8-9,16-17H,7,15H2,1-3H3/t9-/m1/s1. The fourth-order valence-corrected chi connectivity index (χ4v) is 1.55. The summed E-state index contributed by atoms with van der Waals surface area (Å²) in [5, 5.41) is 15.0.